The Bertz CT molecular complexity index is 1200. The van der Waals surface area contributed by atoms with E-state index in [-0.39, 0.29) is 11.7 Å². The van der Waals surface area contributed by atoms with E-state index in [2.05, 4.69) is 15.4 Å². The molecule has 0 aliphatic carbocycles. The first-order valence-corrected chi connectivity index (χ1v) is 10.2. The van der Waals surface area contributed by atoms with Gasteiger partial charge in [0.15, 0.2) is 5.82 Å². The zero-order valence-corrected chi connectivity index (χ0v) is 16.8. The van der Waals surface area contributed by atoms with Gasteiger partial charge in [0.25, 0.3) is 0 Å². The summed E-state index contributed by atoms with van der Waals surface area (Å²) in [5.74, 6) is -0.213. The molecule has 2 aromatic carbocycles. The highest BCUT2D eigenvalue weighted by Gasteiger charge is 2.14. The number of carbonyl (C=O) groups is 1. The molecule has 0 radical (unpaired) electrons. The molecule has 0 unspecified atom stereocenters. The van der Waals surface area contributed by atoms with Gasteiger partial charge >= 0.3 is 0 Å². The molecule has 0 atom stereocenters. The van der Waals surface area contributed by atoms with Gasteiger partial charge in [-0.1, -0.05) is 41.9 Å². The fraction of sp³-hybridized carbons (Fsp3) is 0.0952. The summed E-state index contributed by atoms with van der Waals surface area (Å²) >= 11 is 7.50. The van der Waals surface area contributed by atoms with Crippen LogP contribution in [0.5, 0.6) is 0 Å². The molecule has 146 valence electrons. The molecule has 0 aliphatic heterocycles. The normalized spacial score (nSPS) is 11.4. The van der Waals surface area contributed by atoms with Crippen LogP contribution in [-0.4, -0.2) is 27.0 Å². The van der Waals surface area contributed by atoms with E-state index in [0.717, 1.165) is 11.3 Å². The van der Waals surface area contributed by atoms with Gasteiger partial charge in [-0.05, 0) is 29.8 Å². The molecule has 0 spiro atoms. The molecule has 29 heavy (non-hydrogen) atoms. The zero-order valence-electron chi connectivity index (χ0n) is 15.2. The second-order valence-corrected chi connectivity index (χ2v) is 7.48. The summed E-state index contributed by atoms with van der Waals surface area (Å²) in [7, 11) is 0. The summed E-state index contributed by atoms with van der Waals surface area (Å²) < 4.78 is 15.7. The van der Waals surface area contributed by atoms with E-state index in [1.807, 2.05) is 23.6 Å². The molecule has 2 aromatic heterocycles. The molecule has 1 N–H and O–H groups in total. The first-order chi connectivity index (χ1) is 14.1. The van der Waals surface area contributed by atoms with E-state index in [0.29, 0.717) is 34.3 Å². The number of benzene rings is 2. The molecule has 0 saturated heterocycles. The molecule has 0 aliphatic rings. The van der Waals surface area contributed by atoms with Crippen LogP contribution in [0, 0.1) is 5.82 Å². The van der Waals surface area contributed by atoms with Gasteiger partial charge in [0.05, 0.1) is 11.3 Å². The number of amides is 1. The number of carbonyl (C=O) groups excluding carboxylic acids is 1. The lowest BCUT2D eigenvalue weighted by Crippen LogP contribution is -2.23. The van der Waals surface area contributed by atoms with Gasteiger partial charge in [0, 0.05) is 29.4 Å². The number of nitrogens with one attached hydrogen (secondary N) is 1. The number of halogens is 2. The van der Waals surface area contributed by atoms with Crippen molar-refractivity contribution in [1.82, 2.24) is 19.9 Å². The zero-order chi connectivity index (χ0) is 20.2. The van der Waals surface area contributed by atoms with Crippen LogP contribution < -0.4 is 5.32 Å². The largest absolute Gasteiger partial charge is 0.352 e. The Morgan fingerprint density at radius 2 is 2.00 bits per heavy atom. The number of hydrogen-bond donors (Lipinski definition) is 1. The number of rotatable bonds is 6. The molecule has 2 heterocycles. The van der Waals surface area contributed by atoms with Gasteiger partial charge in [-0.3, -0.25) is 4.79 Å². The Balaban J connectivity index is 1.39. The number of hydrogen-bond acceptors (Lipinski definition) is 4. The van der Waals surface area contributed by atoms with Crippen molar-refractivity contribution in [2.45, 2.75) is 6.42 Å². The maximum absolute atomic E-state index is 14.0. The SMILES string of the molecule is O=C(/C=C/c1ccccc1Cl)NCCc1csc2nc(-c3ccccc3F)nn12. The van der Waals surface area contributed by atoms with E-state index in [9.17, 15) is 9.18 Å². The number of aromatic nitrogens is 3. The minimum Gasteiger partial charge on any atom is -0.352 e. The van der Waals surface area contributed by atoms with Crippen LogP contribution in [0.1, 0.15) is 11.3 Å². The lowest BCUT2D eigenvalue weighted by Gasteiger charge is -2.02. The van der Waals surface area contributed by atoms with Crippen molar-refractivity contribution in [3.63, 3.8) is 0 Å². The Morgan fingerprint density at radius 1 is 1.21 bits per heavy atom. The molecular formula is C21H16ClFN4OS. The third kappa shape index (κ3) is 4.36. The Hall–Kier alpha value is -3.03. The van der Waals surface area contributed by atoms with Crippen LogP contribution in [0.25, 0.3) is 22.4 Å². The van der Waals surface area contributed by atoms with E-state index in [1.54, 1.807) is 34.9 Å². The third-order valence-electron chi connectivity index (χ3n) is 4.26. The van der Waals surface area contributed by atoms with Gasteiger partial charge in [0.1, 0.15) is 5.82 Å². The maximum Gasteiger partial charge on any atom is 0.244 e. The quantitative estimate of drug-likeness (QED) is 0.457. The third-order valence-corrected chi connectivity index (χ3v) is 5.47. The standard InChI is InChI=1S/C21H16ClFN4OS/c22-17-7-3-1-5-14(17)9-10-19(28)24-12-11-15-13-29-21-25-20(26-27(15)21)16-6-2-4-8-18(16)23/h1-10,13H,11-12H2,(H,24,28)/b10-9+. The van der Waals surface area contributed by atoms with Gasteiger partial charge in [-0.2, -0.15) is 4.98 Å². The van der Waals surface area contributed by atoms with Crippen molar-refractivity contribution in [1.29, 1.82) is 0 Å². The molecule has 0 saturated carbocycles. The summed E-state index contributed by atoms with van der Waals surface area (Å²) in [6.07, 6.45) is 3.71. The molecule has 1 amide bonds. The number of nitrogens with zero attached hydrogens (tertiary/aromatic N) is 3. The molecule has 0 bridgehead atoms. The second-order valence-electron chi connectivity index (χ2n) is 6.23. The van der Waals surface area contributed by atoms with Gasteiger partial charge in [-0.25, -0.2) is 8.91 Å². The summed E-state index contributed by atoms with van der Waals surface area (Å²) in [5.41, 5.74) is 2.05. The monoisotopic (exact) mass is 426 g/mol. The molecule has 4 aromatic rings. The van der Waals surface area contributed by atoms with E-state index in [4.69, 9.17) is 11.6 Å². The highest BCUT2D eigenvalue weighted by molar-refractivity contribution is 7.15. The average molecular weight is 427 g/mol. The van der Waals surface area contributed by atoms with Crippen molar-refractivity contribution < 1.29 is 9.18 Å². The first-order valence-electron chi connectivity index (χ1n) is 8.90. The highest BCUT2D eigenvalue weighted by atomic mass is 35.5. The van der Waals surface area contributed by atoms with Crippen molar-refractivity contribution in [3.05, 3.63) is 82.1 Å². The summed E-state index contributed by atoms with van der Waals surface area (Å²) in [4.78, 5) is 17.1. The average Bonchev–Trinajstić information content (AvgIpc) is 3.29. The van der Waals surface area contributed by atoms with Crippen molar-refractivity contribution in [3.8, 4) is 11.4 Å². The summed E-state index contributed by atoms with van der Waals surface area (Å²) in [6.45, 7) is 0.437. The van der Waals surface area contributed by atoms with E-state index < -0.39 is 0 Å². The summed E-state index contributed by atoms with van der Waals surface area (Å²) in [6, 6.07) is 13.7. The predicted octanol–water partition coefficient (Wildman–Crippen LogP) is 4.62. The number of fused-ring (bicyclic) bond motifs is 1. The van der Waals surface area contributed by atoms with E-state index in [1.165, 1.54) is 23.5 Å². The smallest absolute Gasteiger partial charge is 0.244 e. The minimum absolute atomic E-state index is 0.206. The predicted molar refractivity (Wildman–Crippen MR) is 113 cm³/mol. The van der Waals surface area contributed by atoms with Crippen LogP contribution in [0.3, 0.4) is 0 Å². The Morgan fingerprint density at radius 3 is 2.83 bits per heavy atom. The lowest BCUT2D eigenvalue weighted by atomic mass is 10.2. The second kappa shape index (κ2) is 8.55. The van der Waals surface area contributed by atoms with Gasteiger partial charge < -0.3 is 5.32 Å². The topological polar surface area (TPSA) is 59.3 Å². The maximum atomic E-state index is 14.0. The number of thiazole rings is 1. The molecule has 8 heteroatoms. The molecule has 4 rings (SSSR count). The fourth-order valence-corrected chi connectivity index (χ4v) is 3.86. The molecule has 0 fully saturated rings. The van der Waals surface area contributed by atoms with Crippen LogP contribution in [0.2, 0.25) is 5.02 Å². The van der Waals surface area contributed by atoms with Gasteiger partial charge in [0.2, 0.25) is 10.9 Å². The Labute approximate surface area is 175 Å². The van der Waals surface area contributed by atoms with Crippen LogP contribution >= 0.6 is 22.9 Å². The minimum atomic E-state index is -0.357. The summed E-state index contributed by atoms with van der Waals surface area (Å²) in [5, 5.41) is 9.79. The van der Waals surface area contributed by atoms with Crippen LogP contribution in [0.4, 0.5) is 4.39 Å². The Kier molecular flexibility index (Phi) is 5.69. The molecular weight excluding hydrogens is 411 g/mol. The van der Waals surface area contributed by atoms with Gasteiger partial charge in [-0.15, -0.1) is 16.4 Å². The fourth-order valence-electron chi connectivity index (χ4n) is 2.80. The van der Waals surface area contributed by atoms with Crippen molar-refractivity contribution in [2.75, 3.05) is 6.54 Å². The van der Waals surface area contributed by atoms with Crippen molar-refractivity contribution >= 4 is 39.9 Å². The van der Waals surface area contributed by atoms with Crippen molar-refractivity contribution in [2.24, 2.45) is 0 Å². The van der Waals surface area contributed by atoms with E-state index >= 15 is 0 Å². The van der Waals surface area contributed by atoms with Crippen LogP contribution in [0.15, 0.2) is 60.0 Å². The lowest BCUT2D eigenvalue weighted by molar-refractivity contribution is -0.116. The molecule has 5 nitrogen and oxygen atoms in total. The van der Waals surface area contributed by atoms with Crippen LogP contribution in [-0.2, 0) is 11.2 Å². The highest BCUT2D eigenvalue weighted by Crippen LogP contribution is 2.23. The first kappa shape index (κ1) is 19.3.